The van der Waals surface area contributed by atoms with Gasteiger partial charge in [-0.25, -0.2) is 0 Å². The summed E-state index contributed by atoms with van der Waals surface area (Å²) in [4.78, 5) is 28.8. The number of nitrogens with one attached hydrogen (secondary N) is 1. The molecule has 2 saturated heterocycles. The number of benzene rings is 1. The second-order valence-electron chi connectivity index (χ2n) is 7.32. The van der Waals surface area contributed by atoms with Crippen LogP contribution >= 0.6 is 12.4 Å². The van der Waals surface area contributed by atoms with Crippen LogP contribution in [-0.2, 0) is 16.0 Å². The average molecular weight is 412 g/mol. The fourth-order valence-corrected chi connectivity index (χ4v) is 3.84. The number of methoxy groups -OCH3 is 2. The molecule has 0 saturated carbocycles. The summed E-state index contributed by atoms with van der Waals surface area (Å²) in [5, 5.41) is 3.34. The summed E-state index contributed by atoms with van der Waals surface area (Å²) in [5.41, 5.74) is 1.08. The molecule has 0 aliphatic carbocycles. The van der Waals surface area contributed by atoms with Crippen LogP contribution in [0.25, 0.3) is 0 Å². The number of ether oxygens (including phenoxy) is 2. The fraction of sp³-hybridized carbons (Fsp3) is 0.600. The Labute approximate surface area is 172 Å². The lowest BCUT2D eigenvalue weighted by Gasteiger charge is -2.33. The van der Waals surface area contributed by atoms with E-state index in [0.29, 0.717) is 37.1 Å². The molecule has 2 atom stereocenters. The number of nitrogens with zero attached hydrogens (tertiary/aromatic N) is 2. The first-order valence-electron chi connectivity index (χ1n) is 9.52. The van der Waals surface area contributed by atoms with Crippen LogP contribution in [0.5, 0.6) is 11.5 Å². The number of hydrogen-bond donors (Lipinski definition) is 1. The van der Waals surface area contributed by atoms with Gasteiger partial charge >= 0.3 is 0 Å². The molecule has 0 spiro atoms. The van der Waals surface area contributed by atoms with Gasteiger partial charge in [0.05, 0.1) is 20.1 Å². The lowest BCUT2D eigenvalue weighted by Crippen LogP contribution is -2.53. The zero-order chi connectivity index (χ0) is 19.4. The molecule has 2 aliphatic rings. The van der Waals surface area contributed by atoms with Crippen LogP contribution in [-0.4, -0.2) is 74.6 Å². The minimum atomic E-state index is -0.215. The molecular weight excluding hydrogens is 382 g/mol. The van der Waals surface area contributed by atoms with E-state index in [9.17, 15) is 9.59 Å². The van der Waals surface area contributed by atoms with Gasteiger partial charge in [0, 0.05) is 45.2 Å². The maximum Gasteiger partial charge on any atom is 0.228 e. The molecule has 1 aromatic carbocycles. The minimum Gasteiger partial charge on any atom is -0.493 e. The first-order valence-corrected chi connectivity index (χ1v) is 9.52. The number of amides is 2. The van der Waals surface area contributed by atoms with Crippen molar-refractivity contribution >= 4 is 24.2 Å². The molecule has 8 heteroatoms. The highest BCUT2D eigenvalue weighted by Crippen LogP contribution is 2.28. The molecule has 1 aromatic rings. The predicted molar refractivity (Wildman–Crippen MR) is 109 cm³/mol. The normalized spacial score (nSPS) is 22.0. The summed E-state index contributed by atoms with van der Waals surface area (Å²) in [6, 6.07) is 6.09. The van der Waals surface area contributed by atoms with Crippen LogP contribution in [0, 0.1) is 5.92 Å². The highest BCUT2D eigenvalue weighted by molar-refractivity contribution is 5.89. The Bertz CT molecular complexity index is 700. The van der Waals surface area contributed by atoms with Gasteiger partial charge in [-0.1, -0.05) is 6.07 Å². The van der Waals surface area contributed by atoms with Crippen LogP contribution in [0.4, 0.5) is 0 Å². The molecule has 28 heavy (non-hydrogen) atoms. The highest BCUT2D eigenvalue weighted by Gasteiger charge is 2.37. The van der Waals surface area contributed by atoms with E-state index in [1.807, 2.05) is 28.0 Å². The Morgan fingerprint density at radius 1 is 1.21 bits per heavy atom. The van der Waals surface area contributed by atoms with Gasteiger partial charge in [0.2, 0.25) is 11.8 Å². The number of likely N-dealkylation sites (tertiary alicyclic amines) is 1. The number of hydrogen-bond acceptors (Lipinski definition) is 5. The SMILES string of the molecule is COc1ccc(CCN2CC(C(=O)N3CCNC(C)C3)CC2=O)cc1OC.Cl. The minimum absolute atomic E-state index is 0. The maximum atomic E-state index is 12.8. The van der Waals surface area contributed by atoms with Crippen molar-refractivity contribution in [3.8, 4) is 11.5 Å². The summed E-state index contributed by atoms with van der Waals surface area (Å²) < 4.78 is 10.6. The smallest absolute Gasteiger partial charge is 0.228 e. The van der Waals surface area contributed by atoms with E-state index in [1.165, 1.54) is 0 Å². The summed E-state index contributed by atoms with van der Waals surface area (Å²) >= 11 is 0. The van der Waals surface area contributed by atoms with Crippen molar-refractivity contribution in [1.29, 1.82) is 0 Å². The molecular formula is C20H30ClN3O4. The Morgan fingerprint density at radius 3 is 2.64 bits per heavy atom. The van der Waals surface area contributed by atoms with Gasteiger partial charge < -0.3 is 24.6 Å². The van der Waals surface area contributed by atoms with Gasteiger partial charge in [-0.3, -0.25) is 9.59 Å². The zero-order valence-corrected chi connectivity index (χ0v) is 17.6. The van der Waals surface area contributed by atoms with E-state index in [2.05, 4.69) is 12.2 Å². The molecule has 3 rings (SSSR count). The third kappa shape index (κ3) is 5.08. The number of carbonyl (C=O) groups is 2. The van der Waals surface area contributed by atoms with Crippen molar-refractivity contribution in [2.24, 2.45) is 5.92 Å². The lowest BCUT2D eigenvalue weighted by atomic mass is 10.1. The van der Waals surface area contributed by atoms with Crippen LogP contribution in [0.1, 0.15) is 18.9 Å². The Balaban J connectivity index is 0.00000280. The number of carbonyl (C=O) groups excluding carboxylic acids is 2. The largest absolute Gasteiger partial charge is 0.493 e. The standard InChI is InChI=1S/C20H29N3O4.ClH/c1-14-12-23(9-7-21-14)20(25)16-11-19(24)22(13-16)8-6-15-4-5-17(26-2)18(10-15)27-3;/h4-5,10,14,16,21H,6-9,11-13H2,1-3H3;1H. The summed E-state index contributed by atoms with van der Waals surface area (Å²) in [6.45, 7) is 5.46. The third-order valence-electron chi connectivity index (χ3n) is 5.36. The lowest BCUT2D eigenvalue weighted by molar-refractivity contribution is -0.136. The first-order chi connectivity index (χ1) is 13.0. The van der Waals surface area contributed by atoms with Crippen LogP contribution in [0.3, 0.4) is 0 Å². The fourth-order valence-electron chi connectivity index (χ4n) is 3.84. The van der Waals surface area contributed by atoms with Gasteiger partial charge in [0.15, 0.2) is 11.5 Å². The number of halogens is 1. The molecule has 1 N–H and O–H groups in total. The third-order valence-corrected chi connectivity index (χ3v) is 5.36. The quantitative estimate of drug-likeness (QED) is 0.764. The molecule has 2 unspecified atom stereocenters. The van der Waals surface area contributed by atoms with Gasteiger partial charge in [-0.15, -0.1) is 12.4 Å². The molecule has 2 heterocycles. The van der Waals surface area contributed by atoms with Gasteiger partial charge in [-0.05, 0) is 31.0 Å². The average Bonchev–Trinajstić information content (AvgIpc) is 3.06. The Hall–Kier alpha value is -1.99. The van der Waals surface area contributed by atoms with E-state index in [4.69, 9.17) is 9.47 Å². The maximum absolute atomic E-state index is 12.8. The second-order valence-corrected chi connectivity index (χ2v) is 7.32. The summed E-state index contributed by atoms with van der Waals surface area (Å²) in [6.07, 6.45) is 1.04. The molecule has 156 valence electrons. The van der Waals surface area contributed by atoms with Gasteiger partial charge in [0.1, 0.15) is 0 Å². The van der Waals surface area contributed by atoms with Gasteiger partial charge in [-0.2, -0.15) is 0 Å². The zero-order valence-electron chi connectivity index (χ0n) is 16.8. The molecule has 2 aliphatic heterocycles. The molecule has 0 bridgehead atoms. The van der Waals surface area contributed by atoms with Gasteiger partial charge in [0.25, 0.3) is 0 Å². The molecule has 2 fully saturated rings. The predicted octanol–water partition coefficient (Wildman–Crippen LogP) is 1.34. The van der Waals surface area contributed by atoms with E-state index in [0.717, 1.165) is 31.6 Å². The first kappa shape index (κ1) is 22.3. The second kappa shape index (κ2) is 9.98. The van der Waals surface area contributed by atoms with Crippen molar-refractivity contribution < 1.29 is 19.1 Å². The monoisotopic (exact) mass is 411 g/mol. The summed E-state index contributed by atoms with van der Waals surface area (Å²) in [7, 11) is 3.22. The molecule has 0 radical (unpaired) electrons. The molecule has 2 amide bonds. The van der Waals surface area contributed by atoms with E-state index in [1.54, 1.807) is 14.2 Å². The van der Waals surface area contributed by atoms with Crippen molar-refractivity contribution in [1.82, 2.24) is 15.1 Å². The number of piperazine rings is 1. The number of rotatable bonds is 6. The topological polar surface area (TPSA) is 71.1 Å². The van der Waals surface area contributed by atoms with E-state index < -0.39 is 0 Å². The molecule has 0 aromatic heterocycles. The van der Waals surface area contributed by atoms with E-state index in [-0.39, 0.29) is 30.1 Å². The molecule has 7 nitrogen and oxygen atoms in total. The van der Waals surface area contributed by atoms with Crippen LogP contribution < -0.4 is 14.8 Å². The summed E-state index contributed by atoms with van der Waals surface area (Å²) in [5.74, 6) is 1.34. The Morgan fingerprint density at radius 2 is 1.96 bits per heavy atom. The van der Waals surface area contributed by atoms with Crippen LogP contribution in [0.15, 0.2) is 18.2 Å². The van der Waals surface area contributed by atoms with Crippen molar-refractivity contribution in [3.05, 3.63) is 23.8 Å². The Kier molecular flexibility index (Phi) is 7.95. The van der Waals surface area contributed by atoms with Crippen LogP contribution in [0.2, 0.25) is 0 Å². The van der Waals surface area contributed by atoms with Crippen molar-refractivity contribution in [2.75, 3.05) is 46.9 Å². The van der Waals surface area contributed by atoms with E-state index >= 15 is 0 Å². The van der Waals surface area contributed by atoms with Crippen molar-refractivity contribution in [3.63, 3.8) is 0 Å². The highest BCUT2D eigenvalue weighted by atomic mass is 35.5. The van der Waals surface area contributed by atoms with Crippen molar-refractivity contribution in [2.45, 2.75) is 25.8 Å².